The van der Waals surface area contributed by atoms with Gasteiger partial charge in [-0.3, -0.25) is 0 Å². The molecular formula is C18H42O6Y. The molecule has 0 aliphatic heterocycles. The van der Waals surface area contributed by atoms with Gasteiger partial charge in [-0.15, -0.1) is 0 Å². The van der Waals surface area contributed by atoms with Crippen LogP contribution in [0.5, 0.6) is 0 Å². The summed E-state index contributed by atoms with van der Waals surface area (Å²) >= 11 is 0. The summed E-state index contributed by atoms with van der Waals surface area (Å²) in [5, 5.41) is 50.0. The van der Waals surface area contributed by atoms with Crippen molar-refractivity contribution < 1.29 is 63.3 Å². The Kier molecular flexibility index (Phi) is 39.6. The van der Waals surface area contributed by atoms with Gasteiger partial charge in [0.05, 0.1) is 0 Å². The van der Waals surface area contributed by atoms with E-state index in [0.717, 1.165) is 57.8 Å². The Balaban J connectivity index is -0.000000130. The molecule has 0 heterocycles. The third-order valence-corrected chi connectivity index (χ3v) is 3.20. The van der Waals surface area contributed by atoms with Crippen molar-refractivity contribution in [2.75, 3.05) is 0 Å². The van der Waals surface area contributed by atoms with Crippen molar-refractivity contribution in [3.05, 3.63) is 0 Å². The van der Waals surface area contributed by atoms with Crippen LogP contribution >= 0.6 is 0 Å². The van der Waals surface area contributed by atoms with Gasteiger partial charge in [0, 0.05) is 32.7 Å². The number of aliphatic hydroxyl groups excluding tert-OH is 3. The summed E-state index contributed by atoms with van der Waals surface area (Å²) in [7, 11) is 0. The van der Waals surface area contributed by atoms with E-state index in [4.69, 9.17) is 30.6 Å². The van der Waals surface area contributed by atoms with E-state index in [2.05, 4.69) is 20.8 Å². The molecule has 0 aliphatic rings. The third kappa shape index (κ3) is 51.6. The van der Waals surface area contributed by atoms with Gasteiger partial charge in [0.1, 0.15) is 0 Å². The molecule has 153 valence electrons. The zero-order valence-electron chi connectivity index (χ0n) is 16.5. The SMILES string of the molecule is CCCCCC(O)O.CCCCCC(O)O.CCCCCC(O)O.[Y]. The second-order valence-electron chi connectivity index (χ2n) is 5.93. The summed E-state index contributed by atoms with van der Waals surface area (Å²) in [4.78, 5) is 0. The first-order valence-corrected chi connectivity index (χ1v) is 9.40. The summed E-state index contributed by atoms with van der Waals surface area (Å²) in [6.07, 6.45) is 7.73. The van der Waals surface area contributed by atoms with Gasteiger partial charge in [-0.2, -0.15) is 0 Å². The van der Waals surface area contributed by atoms with E-state index in [1.54, 1.807) is 0 Å². The minimum Gasteiger partial charge on any atom is -0.368 e. The fraction of sp³-hybridized carbons (Fsp3) is 1.00. The van der Waals surface area contributed by atoms with Crippen molar-refractivity contribution in [3.8, 4) is 0 Å². The van der Waals surface area contributed by atoms with Crippen LogP contribution in [0.1, 0.15) is 97.8 Å². The van der Waals surface area contributed by atoms with Crippen molar-refractivity contribution in [1.82, 2.24) is 0 Å². The molecule has 25 heavy (non-hydrogen) atoms. The van der Waals surface area contributed by atoms with Gasteiger partial charge < -0.3 is 30.6 Å². The minimum atomic E-state index is -1.10. The standard InChI is InChI=1S/3C6H14O2.Y/c3*1-2-3-4-5-6(7)8;/h3*6-8H,2-5H2,1H3;. The van der Waals surface area contributed by atoms with Crippen molar-refractivity contribution >= 4 is 0 Å². The van der Waals surface area contributed by atoms with Crippen LogP contribution in [0.4, 0.5) is 0 Å². The van der Waals surface area contributed by atoms with E-state index in [1.807, 2.05) is 0 Å². The Morgan fingerprint density at radius 1 is 0.440 bits per heavy atom. The van der Waals surface area contributed by atoms with Gasteiger partial charge >= 0.3 is 0 Å². The number of rotatable bonds is 12. The number of hydrogen-bond donors (Lipinski definition) is 6. The second kappa shape index (κ2) is 29.6. The van der Waals surface area contributed by atoms with Crippen LogP contribution in [0.25, 0.3) is 0 Å². The summed E-state index contributed by atoms with van der Waals surface area (Å²) in [5.41, 5.74) is 0. The molecule has 0 unspecified atom stereocenters. The first-order chi connectivity index (χ1) is 11.3. The molecule has 1 radical (unpaired) electrons. The van der Waals surface area contributed by atoms with Gasteiger partial charge in [-0.1, -0.05) is 59.3 Å². The number of hydrogen-bond acceptors (Lipinski definition) is 6. The molecule has 0 atom stereocenters. The van der Waals surface area contributed by atoms with Gasteiger partial charge in [0.2, 0.25) is 0 Å². The van der Waals surface area contributed by atoms with Crippen molar-refractivity contribution in [2.45, 2.75) is 117 Å². The van der Waals surface area contributed by atoms with Gasteiger partial charge in [0.25, 0.3) is 0 Å². The van der Waals surface area contributed by atoms with E-state index < -0.39 is 18.9 Å². The van der Waals surface area contributed by atoms with Crippen LogP contribution in [0.2, 0.25) is 0 Å². The summed E-state index contributed by atoms with van der Waals surface area (Å²) in [6.45, 7) is 6.26. The summed E-state index contributed by atoms with van der Waals surface area (Å²) in [5.74, 6) is 0. The van der Waals surface area contributed by atoms with Crippen LogP contribution in [0, 0.1) is 0 Å². The molecule has 0 saturated carbocycles. The molecule has 0 aliphatic carbocycles. The van der Waals surface area contributed by atoms with E-state index in [9.17, 15) is 0 Å². The van der Waals surface area contributed by atoms with Gasteiger partial charge in [-0.05, 0) is 38.5 Å². The molecule has 0 amide bonds. The molecule has 0 fully saturated rings. The first kappa shape index (κ1) is 33.4. The van der Waals surface area contributed by atoms with Crippen molar-refractivity contribution in [2.24, 2.45) is 0 Å². The van der Waals surface area contributed by atoms with E-state index in [-0.39, 0.29) is 32.7 Å². The Morgan fingerprint density at radius 3 is 0.760 bits per heavy atom. The Hall–Kier alpha value is 0.864. The molecule has 0 bridgehead atoms. The second-order valence-corrected chi connectivity index (χ2v) is 5.93. The van der Waals surface area contributed by atoms with E-state index in [0.29, 0.717) is 19.3 Å². The summed E-state index contributed by atoms with van der Waals surface area (Å²) < 4.78 is 0. The van der Waals surface area contributed by atoms with Gasteiger partial charge in [0.15, 0.2) is 18.9 Å². The van der Waals surface area contributed by atoms with Crippen molar-refractivity contribution in [3.63, 3.8) is 0 Å². The molecule has 7 heteroatoms. The molecule has 0 aromatic carbocycles. The molecule has 0 rings (SSSR count). The topological polar surface area (TPSA) is 121 Å². The maximum absolute atomic E-state index is 8.33. The Bertz CT molecular complexity index is 171. The molecular weight excluding hydrogens is 401 g/mol. The largest absolute Gasteiger partial charge is 0.368 e. The van der Waals surface area contributed by atoms with Crippen LogP contribution in [-0.2, 0) is 32.7 Å². The fourth-order valence-corrected chi connectivity index (χ4v) is 1.73. The molecule has 0 spiro atoms. The number of aliphatic hydroxyl groups is 6. The molecule has 0 saturated heterocycles. The van der Waals surface area contributed by atoms with Crippen LogP contribution in [-0.4, -0.2) is 49.5 Å². The third-order valence-electron chi connectivity index (χ3n) is 3.20. The van der Waals surface area contributed by atoms with Crippen LogP contribution < -0.4 is 0 Å². The van der Waals surface area contributed by atoms with Crippen LogP contribution in [0.3, 0.4) is 0 Å². The smallest absolute Gasteiger partial charge is 0.151 e. The fourth-order valence-electron chi connectivity index (χ4n) is 1.73. The quantitative estimate of drug-likeness (QED) is 0.204. The molecule has 0 aromatic rings. The zero-order chi connectivity index (χ0) is 19.2. The predicted molar refractivity (Wildman–Crippen MR) is 97.1 cm³/mol. The predicted octanol–water partition coefficient (Wildman–Crippen LogP) is 2.63. The molecule has 6 N–H and O–H groups in total. The van der Waals surface area contributed by atoms with Crippen LogP contribution in [0.15, 0.2) is 0 Å². The average Bonchev–Trinajstić information content (AvgIpc) is 2.48. The number of unbranched alkanes of at least 4 members (excludes halogenated alkanes) is 6. The zero-order valence-corrected chi connectivity index (χ0v) is 19.3. The maximum atomic E-state index is 8.33. The van der Waals surface area contributed by atoms with Crippen molar-refractivity contribution in [1.29, 1.82) is 0 Å². The Morgan fingerprint density at radius 2 is 0.640 bits per heavy atom. The normalized spacial score (nSPS) is 10.1. The van der Waals surface area contributed by atoms with E-state index >= 15 is 0 Å². The molecule has 6 nitrogen and oxygen atoms in total. The maximum Gasteiger partial charge on any atom is 0.151 e. The first-order valence-electron chi connectivity index (χ1n) is 9.40. The molecule has 0 aromatic heterocycles. The average molecular weight is 443 g/mol. The van der Waals surface area contributed by atoms with E-state index in [1.165, 1.54) is 0 Å². The summed E-state index contributed by atoms with van der Waals surface area (Å²) in [6, 6.07) is 0. The monoisotopic (exact) mass is 443 g/mol. The minimum absolute atomic E-state index is 0. The van der Waals surface area contributed by atoms with Gasteiger partial charge in [-0.25, -0.2) is 0 Å². The Labute approximate surface area is 179 Å².